The van der Waals surface area contributed by atoms with Crippen molar-refractivity contribution in [3.63, 3.8) is 0 Å². The van der Waals surface area contributed by atoms with E-state index in [4.69, 9.17) is 16.3 Å². The summed E-state index contributed by atoms with van der Waals surface area (Å²) in [5, 5.41) is 0.471. The molecule has 3 aromatic carbocycles. The van der Waals surface area contributed by atoms with Crippen molar-refractivity contribution >= 4 is 39.3 Å². The number of rotatable bonds is 9. The molecule has 1 fully saturated rings. The third-order valence-corrected chi connectivity index (χ3v) is 11.8. The van der Waals surface area contributed by atoms with Gasteiger partial charge in [0.15, 0.2) is 0 Å². The Balaban J connectivity index is 1.32. The number of amides is 1. The molecule has 268 valence electrons. The van der Waals surface area contributed by atoms with Crippen LogP contribution in [0, 0.1) is 6.92 Å². The van der Waals surface area contributed by atoms with Gasteiger partial charge in [-0.2, -0.15) is 0 Å². The predicted molar refractivity (Wildman–Crippen MR) is 196 cm³/mol. The molecule has 0 radical (unpaired) electrons. The van der Waals surface area contributed by atoms with Crippen molar-refractivity contribution in [3.8, 4) is 0 Å². The fourth-order valence-corrected chi connectivity index (χ4v) is 8.76. The number of aryl methyl sites for hydroxylation is 1. The standard InChI is InChI=1S/C38H37ClN6O6S/c1-26-6-8-28(9-7-26)35-34(27-10-12-30(39)13-11-27)44-33(45(35)52(49,50)31-5-3-4-29(24-31)38(48)51-2)15-14-32(37(44)47)36(46)43-22-20-41(21-23-43)18-19-42-17-16-40-25-42/h3-17,24-25,34-35H,18-23H2,1-2H3/t34-,35+/m0/s1. The molecule has 1 amide bonds. The SMILES string of the molecule is COC(=O)c1cccc(S(=O)(=O)N2c3ccc(C(=O)N4CCN(CCn5ccnc5)CC4)c(=O)n3[C@@H](c3ccc(Cl)cc3)[C@H]2c2ccc(C)cc2)c1. The number of nitrogens with zero attached hydrogens (tertiary/aromatic N) is 6. The molecule has 7 rings (SSSR count). The maximum atomic E-state index is 14.8. The Labute approximate surface area is 306 Å². The minimum absolute atomic E-state index is 0.0517. The fraction of sp³-hybridized carbons (Fsp3) is 0.263. The number of piperazine rings is 1. The van der Waals surface area contributed by atoms with Crippen LogP contribution in [0.2, 0.25) is 5.02 Å². The molecule has 5 aromatic rings. The average molecular weight is 741 g/mol. The van der Waals surface area contributed by atoms with Gasteiger partial charge in [0.1, 0.15) is 11.4 Å². The summed E-state index contributed by atoms with van der Waals surface area (Å²) in [6, 6.07) is 21.1. The number of benzene rings is 3. The lowest BCUT2D eigenvalue weighted by Gasteiger charge is -2.34. The van der Waals surface area contributed by atoms with Gasteiger partial charge in [0.05, 0.1) is 36.0 Å². The monoisotopic (exact) mass is 740 g/mol. The van der Waals surface area contributed by atoms with E-state index < -0.39 is 39.5 Å². The summed E-state index contributed by atoms with van der Waals surface area (Å²) < 4.78 is 39.2. The number of ether oxygens (including phenoxy) is 1. The van der Waals surface area contributed by atoms with E-state index in [9.17, 15) is 22.8 Å². The molecule has 0 saturated carbocycles. The van der Waals surface area contributed by atoms with Crippen LogP contribution in [0.1, 0.15) is 49.5 Å². The number of fused-ring (bicyclic) bond motifs is 1. The first-order valence-corrected chi connectivity index (χ1v) is 18.7. The molecule has 14 heteroatoms. The number of hydrogen-bond donors (Lipinski definition) is 0. The maximum Gasteiger partial charge on any atom is 0.337 e. The van der Waals surface area contributed by atoms with Crippen molar-refractivity contribution in [2.75, 3.05) is 44.1 Å². The van der Waals surface area contributed by atoms with Gasteiger partial charge in [-0.15, -0.1) is 0 Å². The van der Waals surface area contributed by atoms with Gasteiger partial charge in [-0.3, -0.25) is 19.1 Å². The zero-order valence-electron chi connectivity index (χ0n) is 28.6. The Kier molecular flexibility index (Phi) is 9.75. The van der Waals surface area contributed by atoms with Crippen LogP contribution in [0.5, 0.6) is 0 Å². The minimum Gasteiger partial charge on any atom is -0.465 e. The number of sulfonamides is 1. The van der Waals surface area contributed by atoms with E-state index in [0.717, 1.165) is 18.7 Å². The van der Waals surface area contributed by atoms with Crippen LogP contribution in [0.4, 0.5) is 5.82 Å². The number of halogens is 1. The first-order valence-electron chi connectivity index (χ1n) is 16.8. The second-order valence-corrected chi connectivity index (χ2v) is 15.1. The lowest BCUT2D eigenvalue weighted by molar-refractivity contribution is 0.0598. The molecule has 2 atom stereocenters. The van der Waals surface area contributed by atoms with E-state index in [1.54, 1.807) is 41.7 Å². The van der Waals surface area contributed by atoms with Gasteiger partial charge in [0.25, 0.3) is 21.5 Å². The topological polar surface area (TPSA) is 127 Å². The highest BCUT2D eigenvalue weighted by atomic mass is 35.5. The summed E-state index contributed by atoms with van der Waals surface area (Å²) in [6.45, 7) is 5.68. The Bertz CT molecular complexity index is 2270. The summed E-state index contributed by atoms with van der Waals surface area (Å²) in [5.74, 6) is -1.02. The van der Waals surface area contributed by atoms with Crippen molar-refractivity contribution in [1.29, 1.82) is 0 Å². The van der Waals surface area contributed by atoms with Crippen LogP contribution in [-0.4, -0.2) is 84.0 Å². The lowest BCUT2D eigenvalue weighted by atomic mass is 9.94. The molecule has 0 bridgehead atoms. The number of imidazole rings is 1. The largest absolute Gasteiger partial charge is 0.465 e. The van der Waals surface area contributed by atoms with Crippen molar-refractivity contribution < 1.29 is 22.7 Å². The van der Waals surface area contributed by atoms with E-state index in [-0.39, 0.29) is 21.8 Å². The van der Waals surface area contributed by atoms with Crippen molar-refractivity contribution in [1.82, 2.24) is 23.9 Å². The first-order chi connectivity index (χ1) is 25.1. The smallest absolute Gasteiger partial charge is 0.337 e. The normalized spacial score (nSPS) is 17.6. The molecule has 0 N–H and O–H groups in total. The van der Waals surface area contributed by atoms with Crippen molar-refractivity contribution in [2.24, 2.45) is 0 Å². The number of anilines is 1. The highest BCUT2D eigenvalue weighted by Crippen LogP contribution is 2.49. The van der Waals surface area contributed by atoms with Gasteiger partial charge >= 0.3 is 5.97 Å². The molecule has 12 nitrogen and oxygen atoms in total. The highest BCUT2D eigenvalue weighted by Gasteiger charge is 2.48. The van der Waals surface area contributed by atoms with Gasteiger partial charge < -0.3 is 14.2 Å². The van der Waals surface area contributed by atoms with E-state index in [1.165, 1.54) is 52.4 Å². The number of hydrogen-bond acceptors (Lipinski definition) is 8. The Morgan fingerprint density at radius 3 is 2.25 bits per heavy atom. The van der Waals surface area contributed by atoms with Gasteiger partial charge in [-0.25, -0.2) is 22.5 Å². The molecule has 4 heterocycles. The Morgan fingerprint density at radius 2 is 1.58 bits per heavy atom. The van der Waals surface area contributed by atoms with E-state index in [1.807, 2.05) is 42.0 Å². The number of methoxy groups -OCH3 is 1. The highest BCUT2D eigenvalue weighted by molar-refractivity contribution is 7.92. The number of carbonyl (C=O) groups excluding carboxylic acids is 2. The summed E-state index contributed by atoms with van der Waals surface area (Å²) in [7, 11) is -3.22. The quantitative estimate of drug-likeness (QED) is 0.198. The predicted octanol–water partition coefficient (Wildman–Crippen LogP) is 4.79. The molecular weight excluding hydrogens is 704 g/mol. The Morgan fingerprint density at radius 1 is 0.885 bits per heavy atom. The molecule has 0 spiro atoms. The van der Waals surface area contributed by atoms with Gasteiger partial charge in [-0.05, 0) is 60.5 Å². The minimum atomic E-state index is -4.44. The van der Waals surface area contributed by atoms with Crippen LogP contribution < -0.4 is 9.86 Å². The molecule has 52 heavy (non-hydrogen) atoms. The number of aromatic nitrogens is 3. The average Bonchev–Trinajstić information content (AvgIpc) is 3.82. The molecule has 0 unspecified atom stereocenters. The summed E-state index contributed by atoms with van der Waals surface area (Å²) >= 11 is 6.29. The third-order valence-electron chi connectivity index (χ3n) is 9.72. The molecule has 0 aliphatic carbocycles. The summed E-state index contributed by atoms with van der Waals surface area (Å²) in [6.07, 6.45) is 5.42. The van der Waals surface area contributed by atoms with Crippen molar-refractivity contribution in [2.45, 2.75) is 30.4 Å². The van der Waals surface area contributed by atoms with Gasteiger partial charge in [-0.1, -0.05) is 59.6 Å². The summed E-state index contributed by atoms with van der Waals surface area (Å²) in [4.78, 5) is 49.1. The van der Waals surface area contributed by atoms with E-state index in [2.05, 4.69) is 9.88 Å². The molecule has 1 saturated heterocycles. The van der Waals surface area contributed by atoms with Crippen LogP contribution in [-0.2, 0) is 21.3 Å². The fourth-order valence-electron chi connectivity index (χ4n) is 6.95. The maximum absolute atomic E-state index is 14.8. The molecule has 2 aliphatic rings. The van der Waals surface area contributed by atoms with Crippen LogP contribution in [0.3, 0.4) is 0 Å². The number of carbonyl (C=O) groups is 2. The van der Waals surface area contributed by atoms with E-state index >= 15 is 0 Å². The molecule has 2 aromatic heterocycles. The molecular formula is C38H37ClN6O6S. The lowest BCUT2D eigenvalue weighted by Crippen LogP contribution is -2.50. The van der Waals surface area contributed by atoms with Crippen LogP contribution in [0.25, 0.3) is 0 Å². The van der Waals surface area contributed by atoms with Crippen LogP contribution in [0.15, 0.2) is 113 Å². The van der Waals surface area contributed by atoms with Crippen LogP contribution >= 0.6 is 11.6 Å². The first kappa shape index (κ1) is 35.2. The molecule has 2 aliphatic heterocycles. The van der Waals surface area contributed by atoms with E-state index in [0.29, 0.717) is 42.3 Å². The second-order valence-electron chi connectivity index (χ2n) is 12.9. The van der Waals surface area contributed by atoms with Crippen molar-refractivity contribution in [3.05, 3.63) is 147 Å². The Hall–Kier alpha value is -5.24. The number of pyridine rings is 1. The summed E-state index contributed by atoms with van der Waals surface area (Å²) in [5.41, 5.74) is 1.61. The zero-order valence-corrected chi connectivity index (χ0v) is 30.2. The zero-order chi connectivity index (χ0) is 36.6. The van der Waals surface area contributed by atoms with Gasteiger partial charge in [0, 0.05) is 56.7 Å². The third kappa shape index (κ3) is 6.62. The van der Waals surface area contributed by atoms with Gasteiger partial charge in [0.2, 0.25) is 0 Å². The number of esters is 1. The second kappa shape index (κ2) is 14.4.